The van der Waals surface area contributed by atoms with Gasteiger partial charge in [-0.15, -0.1) is 0 Å². The van der Waals surface area contributed by atoms with Crippen molar-refractivity contribution in [3.8, 4) is 22.6 Å². The molecular formula is C30H33F3O2. The number of ether oxygens (including phenoxy) is 2. The molecule has 0 saturated heterocycles. The van der Waals surface area contributed by atoms with Crippen molar-refractivity contribution < 1.29 is 22.6 Å². The molecule has 1 aliphatic carbocycles. The number of rotatable bonds is 9. The molecule has 1 fully saturated rings. The summed E-state index contributed by atoms with van der Waals surface area (Å²) in [7, 11) is 0. The Morgan fingerprint density at radius 2 is 1.51 bits per heavy atom. The number of unbranched alkanes of at least 4 members (excludes halogenated alkanes) is 1. The second-order valence-corrected chi connectivity index (χ2v) is 9.56. The molecule has 0 spiro atoms. The molecule has 0 atom stereocenters. The maximum Gasteiger partial charge on any atom is 0.165 e. The molecule has 0 bridgehead atoms. The summed E-state index contributed by atoms with van der Waals surface area (Å²) in [5.41, 5.74) is 1.81. The summed E-state index contributed by atoms with van der Waals surface area (Å²) in [6.45, 7) is 4.76. The molecule has 1 saturated carbocycles. The van der Waals surface area contributed by atoms with Gasteiger partial charge in [-0.25, -0.2) is 13.2 Å². The zero-order chi connectivity index (χ0) is 24.8. The SMILES string of the molecule is CCCCOc1ccc(-c2ccc(OCc3ccc(C4CCC(C)CC4)c(F)c3F)cc2)c(F)c1. The summed E-state index contributed by atoms with van der Waals surface area (Å²) in [6.07, 6.45) is 5.83. The molecule has 3 aromatic rings. The zero-order valence-corrected chi connectivity index (χ0v) is 20.5. The molecule has 0 unspecified atom stereocenters. The summed E-state index contributed by atoms with van der Waals surface area (Å²) in [4.78, 5) is 0. The molecule has 4 rings (SSSR count). The lowest BCUT2D eigenvalue weighted by molar-refractivity contribution is 0.295. The van der Waals surface area contributed by atoms with Gasteiger partial charge in [-0.3, -0.25) is 0 Å². The second-order valence-electron chi connectivity index (χ2n) is 9.56. The predicted molar refractivity (Wildman–Crippen MR) is 133 cm³/mol. The standard InChI is InChI=1S/C30H33F3O2/c1-3-4-17-34-25-14-16-26(28(31)18-25)21-9-12-24(13-10-21)35-19-23-11-15-27(30(33)29(23)32)22-7-5-20(2)6-8-22/h9-16,18,20,22H,3-8,17,19H2,1-2H3. The molecule has 1 aliphatic rings. The van der Waals surface area contributed by atoms with Crippen LogP contribution in [0.4, 0.5) is 13.2 Å². The topological polar surface area (TPSA) is 18.5 Å². The molecule has 0 heterocycles. The molecular weight excluding hydrogens is 449 g/mol. The van der Waals surface area contributed by atoms with Gasteiger partial charge in [0.1, 0.15) is 23.9 Å². The Hall–Kier alpha value is -2.95. The van der Waals surface area contributed by atoms with Gasteiger partial charge in [0.15, 0.2) is 11.6 Å². The molecule has 35 heavy (non-hydrogen) atoms. The van der Waals surface area contributed by atoms with E-state index in [1.54, 1.807) is 48.5 Å². The first-order valence-electron chi connectivity index (χ1n) is 12.6. The number of benzene rings is 3. The fourth-order valence-corrected chi connectivity index (χ4v) is 4.65. The van der Waals surface area contributed by atoms with Crippen LogP contribution >= 0.6 is 0 Å². The van der Waals surface area contributed by atoms with E-state index in [2.05, 4.69) is 13.8 Å². The van der Waals surface area contributed by atoms with E-state index in [9.17, 15) is 13.2 Å². The third-order valence-corrected chi connectivity index (χ3v) is 6.91. The van der Waals surface area contributed by atoms with Gasteiger partial charge < -0.3 is 9.47 Å². The average Bonchev–Trinajstić information content (AvgIpc) is 2.86. The van der Waals surface area contributed by atoms with Gasteiger partial charge >= 0.3 is 0 Å². The average molecular weight is 483 g/mol. The molecule has 0 aromatic heterocycles. The van der Waals surface area contributed by atoms with Crippen molar-refractivity contribution in [1.82, 2.24) is 0 Å². The second kappa shape index (κ2) is 11.7. The summed E-state index contributed by atoms with van der Waals surface area (Å²) >= 11 is 0. The van der Waals surface area contributed by atoms with E-state index in [1.165, 1.54) is 6.07 Å². The fraction of sp³-hybridized carbons (Fsp3) is 0.400. The van der Waals surface area contributed by atoms with Gasteiger partial charge in [0.25, 0.3) is 0 Å². The molecule has 0 radical (unpaired) electrons. The molecule has 2 nitrogen and oxygen atoms in total. The van der Waals surface area contributed by atoms with Gasteiger partial charge in [-0.2, -0.15) is 0 Å². The Kier molecular flexibility index (Phi) is 8.37. The Morgan fingerprint density at radius 1 is 0.800 bits per heavy atom. The molecule has 0 amide bonds. The van der Waals surface area contributed by atoms with Crippen LogP contribution in [0, 0.1) is 23.4 Å². The van der Waals surface area contributed by atoms with Crippen molar-refractivity contribution >= 4 is 0 Å². The van der Waals surface area contributed by atoms with Crippen molar-refractivity contribution in [3.63, 3.8) is 0 Å². The summed E-state index contributed by atoms with van der Waals surface area (Å²) in [5.74, 6) is -0.201. The van der Waals surface area contributed by atoms with Crippen molar-refractivity contribution in [2.45, 2.75) is 64.9 Å². The van der Waals surface area contributed by atoms with Crippen molar-refractivity contribution in [1.29, 1.82) is 0 Å². The van der Waals surface area contributed by atoms with Crippen molar-refractivity contribution in [3.05, 3.63) is 83.2 Å². The number of hydrogen-bond acceptors (Lipinski definition) is 2. The highest BCUT2D eigenvalue weighted by molar-refractivity contribution is 5.65. The molecule has 0 aliphatic heterocycles. The van der Waals surface area contributed by atoms with Crippen LogP contribution in [-0.2, 0) is 6.61 Å². The Balaban J connectivity index is 1.38. The summed E-state index contributed by atoms with van der Waals surface area (Å²) < 4.78 is 55.4. The van der Waals surface area contributed by atoms with E-state index in [0.29, 0.717) is 40.7 Å². The van der Waals surface area contributed by atoms with Gasteiger partial charge in [-0.1, -0.05) is 57.4 Å². The van der Waals surface area contributed by atoms with Crippen molar-refractivity contribution in [2.24, 2.45) is 5.92 Å². The van der Waals surface area contributed by atoms with Gasteiger partial charge in [-0.05, 0) is 66.5 Å². The number of halogens is 3. The van der Waals surface area contributed by atoms with Crippen LogP contribution in [0.15, 0.2) is 54.6 Å². The van der Waals surface area contributed by atoms with Crippen LogP contribution in [0.25, 0.3) is 11.1 Å². The van der Waals surface area contributed by atoms with Gasteiger partial charge in [0.2, 0.25) is 0 Å². The van der Waals surface area contributed by atoms with E-state index in [4.69, 9.17) is 9.47 Å². The lowest BCUT2D eigenvalue weighted by Crippen LogP contribution is -2.13. The van der Waals surface area contributed by atoms with Crippen LogP contribution in [0.2, 0.25) is 0 Å². The van der Waals surface area contributed by atoms with Gasteiger partial charge in [0, 0.05) is 17.2 Å². The quantitative estimate of drug-likeness (QED) is 0.284. The zero-order valence-electron chi connectivity index (χ0n) is 20.5. The predicted octanol–water partition coefficient (Wildman–Crippen LogP) is 8.82. The lowest BCUT2D eigenvalue weighted by Gasteiger charge is -2.27. The third kappa shape index (κ3) is 6.19. The van der Waals surface area contributed by atoms with E-state index in [-0.39, 0.29) is 23.9 Å². The van der Waals surface area contributed by atoms with Crippen LogP contribution in [-0.4, -0.2) is 6.61 Å². The van der Waals surface area contributed by atoms with Crippen LogP contribution < -0.4 is 9.47 Å². The van der Waals surface area contributed by atoms with E-state index in [0.717, 1.165) is 38.5 Å². The summed E-state index contributed by atoms with van der Waals surface area (Å²) in [6, 6.07) is 15.1. The van der Waals surface area contributed by atoms with Crippen LogP contribution in [0.5, 0.6) is 11.5 Å². The highest BCUT2D eigenvalue weighted by Crippen LogP contribution is 2.37. The first-order chi connectivity index (χ1) is 17.0. The third-order valence-electron chi connectivity index (χ3n) is 6.91. The normalized spacial score (nSPS) is 17.9. The molecule has 5 heteroatoms. The minimum Gasteiger partial charge on any atom is -0.493 e. The fourth-order valence-electron chi connectivity index (χ4n) is 4.65. The first kappa shape index (κ1) is 25.2. The molecule has 186 valence electrons. The highest BCUT2D eigenvalue weighted by Gasteiger charge is 2.24. The molecule has 0 N–H and O–H groups in total. The van der Waals surface area contributed by atoms with Crippen LogP contribution in [0.3, 0.4) is 0 Å². The van der Waals surface area contributed by atoms with Crippen LogP contribution in [0.1, 0.15) is 69.4 Å². The molecule has 3 aromatic carbocycles. The monoisotopic (exact) mass is 482 g/mol. The minimum absolute atomic E-state index is 0.0811. The van der Waals surface area contributed by atoms with E-state index >= 15 is 0 Å². The maximum atomic E-state index is 14.8. The number of hydrogen-bond donors (Lipinski definition) is 0. The first-order valence-corrected chi connectivity index (χ1v) is 12.6. The smallest absolute Gasteiger partial charge is 0.165 e. The highest BCUT2D eigenvalue weighted by atomic mass is 19.2. The Labute approximate surface area is 206 Å². The Morgan fingerprint density at radius 3 is 2.20 bits per heavy atom. The summed E-state index contributed by atoms with van der Waals surface area (Å²) in [5, 5.41) is 0. The minimum atomic E-state index is -0.832. The maximum absolute atomic E-state index is 14.8. The van der Waals surface area contributed by atoms with Crippen molar-refractivity contribution in [2.75, 3.05) is 6.61 Å². The lowest BCUT2D eigenvalue weighted by atomic mass is 9.79. The van der Waals surface area contributed by atoms with E-state index < -0.39 is 11.6 Å². The largest absolute Gasteiger partial charge is 0.493 e. The van der Waals surface area contributed by atoms with E-state index in [1.807, 2.05) is 0 Å². The Bertz CT molecular complexity index is 1120. The van der Waals surface area contributed by atoms with Gasteiger partial charge in [0.05, 0.1) is 6.61 Å².